The molecule has 0 aliphatic heterocycles. The van der Waals surface area contributed by atoms with Crippen LogP contribution in [0.15, 0.2) is 53.6 Å². The van der Waals surface area contributed by atoms with Gasteiger partial charge < -0.3 is 0 Å². The third-order valence-electron chi connectivity index (χ3n) is 3.19. The zero-order valence-corrected chi connectivity index (χ0v) is 11.9. The molecule has 3 rings (SSSR count). The highest BCUT2D eigenvalue weighted by atomic mass is 19.1. The van der Waals surface area contributed by atoms with E-state index in [4.69, 9.17) is 0 Å². The second kappa shape index (κ2) is 5.85. The monoisotopic (exact) mass is 296 g/mol. The lowest BCUT2D eigenvalue weighted by molar-refractivity contribution is 0.615. The van der Waals surface area contributed by atoms with Gasteiger partial charge in [0.2, 0.25) is 0 Å². The standard InChI is InChI=1S/C16H13FN4O/c1-11-8-12(19-10-18-11)9-21-16(22)7-6-15(20-21)13-4-2-3-5-14(13)17/h2-8,10H,9H2,1H3. The number of aromatic nitrogens is 4. The molecule has 0 fully saturated rings. The van der Waals surface area contributed by atoms with Crippen LogP contribution in [0, 0.1) is 12.7 Å². The van der Waals surface area contributed by atoms with Crippen molar-refractivity contribution in [2.75, 3.05) is 0 Å². The van der Waals surface area contributed by atoms with Gasteiger partial charge in [-0.3, -0.25) is 4.79 Å². The Morgan fingerprint density at radius 2 is 1.95 bits per heavy atom. The fourth-order valence-corrected chi connectivity index (χ4v) is 2.12. The summed E-state index contributed by atoms with van der Waals surface area (Å²) in [7, 11) is 0. The van der Waals surface area contributed by atoms with Crippen molar-refractivity contribution in [1.82, 2.24) is 19.7 Å². The van der Waals surface area contributed by atoms with Crippen LogP contribution in [0.5, 0.6) is 0 Å². The largest absolute Gasteiger partial charge is 0.268 e. The van der Waals surface area contributed by atoms with E-state index in [1.807, 2.05) is 6.92 Å². The molecule has 2 heterocycles. The molecule has 3 aromatic rings. The molecule has 0 unspecified atom stereocenters. The quantitative estimate of drug-likeness (QED) is 0.743. The molecule has 0 spiro atoms. The van der Waals surface area contributed by atoms with E-state index in [1.54, 1.807) is 24.3 Å². The van der Waals surface area contributed by atoms with Crippen LogP contribution < -0.4 is 5.56 Å². The Kier molecular flexibility index (Phi) is 3.74. The summed E-state index contributed by atoms with van der Waals surface area (Å²) in [5.41, 5.74) is 1.98. The lowest BCUT2D eigenvalue weighted by Gasteiger charge is -2.07. The summed E-state index contributed by atoms with van der Waals surface area (Å²) < 4.78 is 15.1. The molecule has 0 aliphatic rings. The van der Waals surface area contributed by atoms with Crippen LogP contribution in [0.2, 0.25) is 0 Å². The molecule has 5 nitrogen and oxygen atoms in total. The van der Waals surface area contributed by atoms with Crippen molar-refractivity contribution in [2.45, 2.75) is 13.5 Å². The van der Waals surface area contributed by atoms with E-state index < -0.39 is 0 Å². The van der Waals surface area contributed by atoms with Gasteiger partial charge in [0.05, 0.1) is 17.9 Å². The summed E-state index contributed by atoms with van der Waals surface area (Å²) in [6.07, 6.45) is 1.44. The third kappa shape index (κ3) is 2.90. The number of aryl methyl sites for hydroxylation is 1. The van der Waals surface area contributed by atoms with Gasteiger partial charge in [0, 0.05) is 17.3 Å². The molecule has 2 aromatic heterocycles. The van der Waals surface area contributed by atoms with Crippen LogP contribution in [0.1, 0.15) is 11.4 Å². The minimum Gasteiger partial charge on any atom is -0.268 e. The van der Waals surface area contributed by atoms with Gasteiger partial charge in [0.25, 0.3) is 5.56 Å². The molecule has 22 heavy (non-hydrogen) atoms. The molecule has 0 atom stereocenters. The van der Waals surface area contributed by atoms with E-state index in [-0.39, 0.29) is 17.9 Å². The third-order valence-corrected chi connectivity index (χ3v) is 3.19. The maximum absolute atomic E-state index is 13.8. The summed E-state index contributed by atoms with van der Waals surface area (Å²) >= 11 is 0. The predicted molar refractivity (Wildman–Crippen MR) is 79.8 cm³/mol. The SMILES string of the molecule is Cc1cc(Cn2nc(-c3ccccc3F)ccc2=O)ncn1. The van der Waals surface area contributed by atoms with E-state index in [0.717, 1.165) is 5.69 Å². The number of nitrogens with zero attached hydrogens (tertiary/aromatic N) is 4. The van der Waals surface area contributed by atoms with Crippen LogP contribution in [0.4, 0.5) is 4.39 Å². The first-order chi connectivity index (χ1) is 10.6. The average molecular weight is 296 g/mol. The van der Waals surface area contributed by atoms with Gasteiger partial charge >= 0.3 is 0 Å². The number of rotatable bonds is 3. The Bertz CT molecular complexity index is 876. The van der Waals surface area contributed by atoms with E-state index in [9.17, 15) is 9.18 Å². The van der Waals surface area contributed by atoms with Crippen LogP contribution in [-0.4, -0.2) is 19.7 Å². The van der Waals surface area contributed by atoms with E-state index in [2.05, 4.69) is 15.1 Å². The normalized spacial score (nSPS) is 10.6. The minimum atomic E-state index is -0.377. The molecular weight excluding hydrogens is 283 g/mol. The number of benzene rings is 1. The topological polar surface area (TPSA) is 60.7 Å². The average Bonchev–Trinajstić information content (AvgIpc) is 2.50. The van der Waals surface area contributed by atoms with Crippen molar-refractivity contribution < 1.29 is 4.39 Å². The Labute approximate surface area is 126 Å². The summed E-state index contributed by atoms with van der Waals surface area (Å²) in [5, 5.41) is 4.23. The lowest BCUT2D eigenvalue weighted by atomic mass is 10.1. The number of halogens is 1. The zero-order valence-electron chi connectivity index (χ0n) is 11.9. The van der Waals surface area contributed by atoms with Crippen molar-refractivity contribution in [3.8, 4) is 11.3 Å². The Morgan fingerprint density at radius 1 is 1.14 bits per heavy atom. The van der Waals surface area contributed by atoms with Crippen molar-refractivity contribution in [3.63, 3.8) is 0 Å². The second-order valence-corrected chi connectivity index (χ2v) is 4.85. The first-order valence-corrected chi connectivity index (χ1v) is 6.74. The van der Waals surface area contributed by atoms with Gasteiger partial charge in [0.15, 0.2) is 0 Å². The highest BCUT2D eigenvalue weighted by molar-refractivity contribution is 5.58. The number of hydrogen-bond donors (Lipinski definition) is 0. The van der Waals surface area contributed by atoms with Gasteiger partial charge in [0.1, 0.15) is 12.1 Å². The predicted octanol–water partition coefficient (Wildman–Crippen LogP) is 2.20. The van der Waals surface area contributed by atoms with E-state index in [1.165, 1.54) is 29.2 Å². The molecule has 0 bridgehead atoms. The maximum atomic E-state index is 13.8. The first-order valence-electron chi connectivity index (χ1n) is 6.74. The van der Waals surface area contributed by atoms with Gasteiger partial charge in [-0.15, -0.1) is 0 Å². The summed E-state index contributed by atoms with van der Waals surface area (Å²) in [5.74, 6) is -0.377. The van der Waals surface area contributed by atoms with Crippen LogP contribution in [-0.2, 0) is 6.54 Å². The van der Waals surface area contributed by atoms with Crippen molar-refractivity contribution >= 4 is 0 Å². The summed E-state index contributed by atoms with van der Waals surface area (Å²) in [6.45, 7) is 2.06. The fraction of sp³-hybridized carbons (Fsp3) is 0.125. The molecule has 6 heteroatoms. The highest BCUT2D eigenvalue weighted by Gasteiger charge is 2.08. The maximum Gasteiger partial charge on any atom is 0.267 e. The molecular formula is C16H13FN4O. The first kappa shape index (κ1) is 14.1. The van der Waals surface area contributed by atoms with E-state index in [0.29, 0.717) is 17.0 Å². The molecule has 0 radical (unpaired) electrons. The van der Waals surface area contributed by atoms with Crippen molar-refractivity contribution in [3.05, 3.63) is 76.4 Å². The number of hydrogen-bond acceptors (Lipinski definition) is 4. The van der Waals surface area contributed by atoms with Crippen LogP contribution in [0.3, 0.4) is 0 Å². The summed E-state index contributed by atoms with van der Waals surface area (Å²) in [6, 6.07) is 11.0. The highest BCUT2D eigenvalue weighted by Crippen LogP contribution is 2.18. The smallest absolute Gasteiger partial charge is 0.267 e. The van der Waals surface area contributed by atoms with Gasteiger partial charge in [-0.2, -0.15) is 5.10 Å². The van der Waals surface area contributed by atoms with Gasteiger partial charge in [-0.05, 0) is 31.2 Å². The Balaban J connectivity index is 2.01. The fourth-order valence-electron chi connectivity index (χ4n) is 2.12. The van der Waals surface area contributed by atoms with Crippen molar-refractivity contribution in [1.29, 1.82) is 0 Å². The molecule has 110 valence electrons. The molecule has 0 saturated carbocycles. The van der Waals surface area contributed by atoms with Crippen LogP contribution in [0.25, 0.3) is 11.3 Å². The lowest BCUT2D eigenvalue weighted by Crippen LogP contribution is -2.23. The molecule has 0 saturated heterocycles. The second-order valence-electron chi connectivity index (χ2n) is 4.85. The molecule has 0 aliphatic carbocycles. The minimum absolute atomic E-state index is 0.213. The molecule has 0 N–H and O–H groups in total. The van der Waals surface area contributed by atoms with Crippen LogP contribution >= 0.6 is 0 Å². The van der Waals surface area contributed by atoms with E-state index >= 15 is 0 Å². The van der Waals surface area contributed by atoms with Gasteiger partial charge in [-0.25, -0.2) is 19.0 Å². The zero-order chi connectivity index (χ0) is 15.5. The Hall–Kier alpha value is -2.89. The summed E-state index contributed by atoms with van der Waals surface area (Å²) in [4.78, 5) is 20.1. The van der Waals surface area contributed by atoms with Gasteiger partial charge in [-0.1, -0.05) is 12.1 Å². The molecule has 0 amide bonds. The Morgan fingerprint density at radius 3 is 2.73 bits per heavy atom. The molecule has 1 aromatic carbocycles. The van der Waals surface area contributed by atoms with Crippen molar-refractivity contribution in [2.24, 2.45) is 0 Å².